The van der Waals surface area contributed by atoms with Crippen molar-refractivity contribution in [2.45, 2.75) is 64.3 Å². The van der Waals surface area contributed by atoms with E-state index in [1.54, 1.807) is 4.90 Å². The maximum atomic E-state index is 12.4. The standard InChI is InChI=1S/C16H28N2O3/c1-2-3-6-12-7-4-9-14(12)17-16(21)18-10-5-8-13(11-18)15(19)20/h12-14H,2-11H2,1H3,(H,17,21)(H,19,20). The Morgan fingerprint density at radius 2 is 2.05 bits per heavy atom. The maximum Gasteiger partial charge on any atom is 0.317 e. The fraction of sp³-hybridized carbons (Fsp3) is 0.875. The molecule has 0 aromatic carbocycles. The SMILES string of the molecule is CCCCC1CCCC1NC(=O)N1CCCC(C(=O)O)C1. The summed E-state index contributed by atoms with van der Waals surface area (Å²) in [5.41, 5.74) is 0. The Morgan fingerprint density at radius 1 is 1.24 bits per heavy atom. The number of hydrogen-bond donors (Lipinski definition) is 2. The summed E-state index contributed by atoms with van der Waals surface area (Å²) < 4.78 is 0. The van der Waals surface area contributed by atoms with Crippen LogP contribution in [0.4, 0.5) is 4.79 Å². The molecule has 2 fully saturated rings. The average molecular weight is 296 g/mol. The average Bonchev–Trinajstić information content (AvgIpc) is 2.92. The highest BCUT2D eigenvalue weighted by atomic mass is 16.4. The van der Waals surface area contributed by atoms with Crippen LogP contribution in [0.3, 0.4) is 0 Å². The molecule has 2 aliphatic rings. The molecule has 2 rings (SSSR count). The molecule has 2 amide bonds. The number of hydrogen-bond acceptors (Lipinski definition) is 2. The van der Waals surface area contributed by atoms with Gasteiger partial charge in [-0.25, -0.2) is 4.79 Å². The van der Waals surface area contributed by atoms with Gasteiger partial charge in [0.15, 0.2) is 0 Å². The quantitative estimate of drug-likeness (QED) is 0.819. The second-order valence-electron chi connectivity index (χ2n) is 6.51. The van der Waals surface area contributed by atoms with Crippen LogP contribution in [0, 0.1) is 11.8 Å². The van der Waals surface area contributed by atoms with E-state index in [1.165, 1.54) is 32.1 Å². The van der Waals surface area contributed by atoms with Crippen molar-refractivity contribution in [1.29, 1.82) is 0 Å². The van der Waals surface area contributed by atoms with Gasteiger partial charge in [-0.1, -0.05) is 26.2 Å². The fourth-order valence-electron chi connectivity index (χ4n) is 3.65. The Hall–Kier alpha value is -1.26. The summed E-state index contributed by atoms with van der Waals surface area (Å²) in [7, 11) is 0. The van der Waals surface area contributed by atoms with Crippen LogP contribution in [0.5, 0.6) is 0 Å². The summed E-state index contributed by atoms with van der Waals surface area (Å²) in [6.07, 6.45) is 8.55. The minimum absolute atomic E-state index is 0.0608. The molecule has 1 aliphatic carbocycles. The highest BCUT2D eigenvalue weighted by Gasteiger charge is 2.32. The molecular formula is C16H28N2O3. The minimum atomic E-state index is -0.783. The van der Waals surface area contributed by atoms with Gasteiger partial charge in [-0.15, -0.1) is 0 Å². The predicted molar refractivity (Wildman–Crippen MR) is 81.1 cm³/mol. The fourth-order valence-corrected chi connectivity index (χ4v) is 3.65. The summed E-state index contributed by atoms with van der Waals surface area (Å²) in [5, 5.41) is 12.3. The highest BCUT2D eigenvalue weighted by Crippen LogP contribution is 2.30. The van der Waals surface area contributed by atoms with E-state index in [9.17, 15) is 9.59 Å². The van der Waals surface area contributed by atoms with E-state index in [1.807, 2.05) is 0 Å². The summed E-state index contributed by atoms with van der Waals surface area (Å²) in [6.45, 7) is 3.23. The van der Waals surface area contributed by atoms with Crippen molar-refractivity contribution in [3.8, 4) is 0 Å². The van der Waals surface area contributed by atoms with E-state index >= 15 is 0 Å². The molecule has 120 valence electrons. The third-order valence-corrected chi connectivity index (χ3v) is 4.95. The number of likely N-dealkylation sites (tertiary alicyclic amines) is 1. The Morgan fingerprint density at radius 3 is 2.76 bits per heavy atom. The lowest BCUT2D eigenvalue weighted by atomic mass is 9.96. The second-order valence-corrected chi connectivity index (χ2v) is 6.51. The van der Waals surface area contributed by atoms with Crippen molar-refractivity contribution in [3.63, 3.8) is 0 Å². The lowest BCUT2D eigenvalue weighted by molar-refractivity contribution is -0.143. The van der Waals surface area contributed by atoms with Crippen LogP contribution in [0.2, 0.25) is 0 Å². The largest absolute Gasteiger partial charge is 0.481 e. The zero-order valence-electron chi connectivity index (χ0n) is 13.0. The molecule has 1 heterocycles. The van der Waals surface area contributed by atoms with Gasteiger partial charge >= 0.3 is 12.0 Å². The molecule has 5 nitrogen and oxygen atoms in total. The number of carboxylic acids is 1. The Bertz CT molecular complexity index is 373. The van der Waals surface area contributed by atoms with Crippen LogP contribution in [0.25, 0.3) is 0 Å². The summed E-state index contributed by atoms with van der Waals surface area (Å²) in [5.74, 6) is -0.577. The van der Waals surface area contributed by atoms with Crippen LogP contribution >= 0.6 is 0 Å². The summed E-state index contributed by atoms with van der Waals surface area (Å²) in [6, 6.07) is 0.226. The molecule has 2 N–H and O–H groups in total. The molecule has 0 aromatic heterocycles. The van der Waals surface area contributed by atoms with Crippen molar-refractivity contribution in [1.82, 2.24) is 10.2 Å². The van der Waals surface area contributed by atoms with Gasteiger partial charge in [0.1, 0.15) is 0 Å². The van der Waals surface area contributed by atoms with Crippen molar-refractivity contribution < 1.29 is 14.7 Å². The number of urea groups is 1. The number of unbranched alkanes of at least 4 members (excludes halogenated alkanes) is 1. The highest BCUT2D eigenvalue weighted by molar-refractivity contribution is 5.76. The molecular weight excluding hydrogens is 268 g/mol. The van der Waals surface area contributed by atoms with Crippen LogP contribution in [0.15, 0.2) is 0 Å². The molecule has 1 aliphatic heterocycles. The Labute approximate surface area is 127 Å². The van der Waals surface area contributed by atoms with Gasteiger partial charge in [0, 0.05) is 19.1 Å². The normalized spacial score (nSPS) is 29.4. The molecule has 21 heavy (non-hydrogen) atoms. The predicted octanol–water partition coefficient (Wildman–Crippen LogP) is 2.85. The van der Waals surface area contributed by atoms with Crippen molar-refractivity contribution in [2.75, 3.05) is 13.1 Å². The number of rotatable bonds is 5. The van der Waals surface area contributed by atoms with Gasteiger partial charge in [-0.3, -0.25) is 4.79 Å². The molecule has 0 radical (unpaired) electrons. The van der Waals surface area contributed by atoms with Gasteiger partial charge in [0.05, 0.1) is 5.92 Å². The smallest absolute Gasteiger partial charge is 0.317 e. The lowest BCUT2D eigenvalue weighted by Crippen LogP contribution is -2.50. The number of nitrogens with zero attached hydrogens (tertiary/aromatic N) is 1. The van der Waals surface area contributed by atoms with Gasteiger partial charge in [-0.05, 0) is 38.0 Å². The Kier molecular flexibility index (Phi) is 5.88. The van der Waals surface area contributed by atoms with Gasteiger partial charge < -0.3 is 15.3 Å². The number of carbonyl (C=O) groups excluding carboxylic acids is 1. The maximum absolute atomic E-state index is 12.4. The van der Waals surface area contributed by atoms with Crippen molar-refractivity contribution >= 4 is 12.0 Å². The third-order valence-electron chi connectivity index (χ3n) is 4.95. The number of carbonyl (C=O) groups is 2. The van der Waals surface area contributed by atoms with Gasteiger partial charge in [-0.2, -0.15) is 0 Å². The van der Waals surface area contributed by atoms with Crippen molar-refractivity contribution in [2.24, 2.45) is 11.8 Å². The van der Waals surface area contributed by atoms with Crippen LogP contribution in [0.1, 0.15) is 58.3 Å². The molecule has 3 unspecified atom stereocenters. The van der Waals surface area contributed by atoms with E-state index in [2.05, 4.69) is 12.2 Å². The zero-order chi connectivity index (χ0) is 15.2. The van der Waals surface area contributed by atoms with Gasteiger partial charge in [0.2, 0.25) is 0 Å². The molecule has 0 bridgehead atoms. The van der Waals surface area contributed by atoms with E-state index < -0.39 is 11.9 Å². The van der Waals surface area contributed by atoms with E-state index in [0.717, 1.165) is 12.8 Å². The van der Waals surface area contributed by atoms with E-state index in [-0.39, 0.29) is 12.1 Å². The number of nitrogens with one attached hydrogen (secondary N) is 1. The van der Waals surface area contributed by atoms with E-state index in [0.29, 0.717) is 25.4 Å². The molecule has 0 spiro atoms. The molecule has 1 saturated carbocycles. The molecule has 3 atom stereocenters. The summed E-state index contributed by atoms with van der Waals surface area (Å²) in [4.78, 5) is 25.1. The van der Waals surface area contributed by atoms with Crippen LogP contribution in [-0.4, -0.2) is 41.1 Å². The molecule has 1 saturated heterocycles. The zero-order valence-corrected chi connectivity index (χ0v) is 13.0. The molecule has 0 aromatic rings. The summed E-state index contributed by atoms with van der Waals surface area (Å²) >= 11 is 0. The molecule has 5 heteroatoms. The number of carboxylic acid groups (broad SMARTS) is 1. The van der Waals surface area contributed by atoms with Crippen LogP contribution < -0.4 is 5.32 Å². The first-order chi connectivity index (χ1) is 10.1. The minimum Gasteiger partial charge on any atom is -0.481 e. The number of amides is 2. The van der Waals surface area contributed by atoms with Crippen molar-refractivity contribution in [3.05, 3.63) is 0 Å². The topological polar surface area (TPSA) is 69.6 Å². The first kappa shape index (κ1) is 16.1. The Balaban J connectivity index is 1.84. The lowest BCUT2D eigenvalue weighted by Gasteiger charge is -2.32. The number of aliphatic carboxylic acids is 1. The first-order valence-electron chi connectivity index (χ1n) is 8.40. The monoisotopic (exact) mass is 296 g/mol. The number of piperidine rings is 1. The van der Waals surface area contributed by atoms with Gasteiger partial charge in [0.25, 0.3) is 0 Å². The van der Waals surface area contributed by atoms with E-state index in [4.69, 9.17) is 5.11 Å². The van der Waals surface area contributed by atoms with Crippen LogP contribution in [-0.2, 0) is 4.79 Å². The first-order valence-corrected chi connectivity index (χ1v) is 8.40. The second kappa shape index (κ2) is 7.66. The third kappa shape index (κ3) is 4.35.